The molecular formula is C61H72N12O18S2. The van der Waals surface area contributed by atoms with E-state index in [1.807, 2.05) is 0 Å². The van der Waals surface area contributed by atoms with Crippen LogP contribution in [-0.4, -0.2) is 170 Å². The number of aliphatic hydroxyl groups excluding tert-OH is 1. The number of carbonyl (C=O) groups excluding carboxylic acids is 12. The van der Waals surface area contributed by atoms with Crippen molar-refractivity contribution in [2.24, 2.45) is 23.1 Å². The van der Waals surface area contributed by atoms with Crippen LogP contribution in [0.2, 0.25) is 0 Å². The number of aromatic hydroxyl groups is 3. The van der Waals surface area contributed by atoms with E-state index in [9.17, 15) is 78.0 Å². The highest BCUT2D eigenvalue weighted by Crippen LogP contribution is 2.57. The number of likely N-dealkylation sites (tertiary alicyclic amines) is 1. The molecule has 4 heterocycles. The van der Waals surface area contributed by atoms with E-state index in [4.69, 9.17) is 26.7 Å². The second-order valence-electron chi connectivity index (χ2n) is 22.5. The fourth-order valence-electron chi connectivity index (χ4n) is 11.1. The third-order valence-corrected chi connectivity index (χ3v) is 18.5. The lowest BCUT2D eigenvalue weighted by atomic mass is 9.77. The largest absolute Gasteiger partial charge is 0.508 e. The number of benzene rings is 4. The Kier molecular flexibility index (Phi) is 22.8. The number of ether oxygens (including phenoxy) is 2. The summed E-state index contributed by atoms with van der Waals surface area (Å²) in [5, 5.41) is 62.3. The van der Waals surface area contributed by atoms with Gasteiger partial charge < -0.3 is 94.5 Å². The van der Waals surface area contributed by atoms with E-state index in [1.54, 1.807) is 13.8 Å². The highest BCUT2D eigenvalue weighted by Gasteiger charge is 2.54. The zero-order valence-corrected chi connectivity index (χ0v) is 52.0. The van der Waals surface area contributed by atoms with Crippen LogP contribution in [0.4, 0.5) is 0 Å². The summed E-state index contributed by atoms with van der Waals surface area (Å²) in [5.74, 6) is -12.4. The average molecular weight is 1330 g/mol. The maximum absolute atomic E-state index is 14.8. The predicted octanol–water partition coefficient (Wildman–Crippen LogP) is -0.871. The molecule has 4 aliphatic heterocycles. The number of esters is 1. The first-order valence-electron chi connectivity index (χ1n) is 29.7. The van der Waals surface area contributed by atoms with Crippen LogP contribution in [0.15, 0.2) is 78.9 Å². The molecule has 9 atom stereocenters. The molecule has 0 aliphatic carbocycles. The molecule has 0 saturated carbocycles. The third kappa shape index (κ3) is 16.3. The summed E-state index contributed by atoms with van der Waals surface area (Å²) in [6, 6.07) is 7.32. The van der Waals surface area contributed by atoms with Crippen LogP contribution >= 0.6 is 21.6 Å². The Hall–Kier alpha value is -9.66. The third-order valence-electron chi connectivity index (χ3n) is 16.1. The zero-order chi connectivity index (χ0) is 67.4. The van der Waals surface area contributed by atoms with Crippen LogP contribution in [0.25, 0.3) is 0 Å². The molecule has 30 nitrogen and oxygen atoms in total. The van der Waals surface area contributed by atoms with Crippen LogP contribution in [0.3, 0.4) is 0 Å². The number of nitrogens with zero attached hydrogens (tertiary/aromatic N) is 1. The van der Waals surface area contributed by atoms with Gasteiger partial charge in [0.1, 0.15) is 77.1 Å². The number of nitrogens with two attached hydrogens (primary N) is 3. The number of aliphatic hydroxyl groups is 1. The quantitative estimate of drug-likeness (QED) is 0.0249. The molecular weight excluding hydrogens is 1250 g/mol. The molecule has 2 fully saturated rings. The topological polar surface area (TPSA) is 482 Å². The number of rotatable bonds is 18. The lowest BCUT2D eigenvalue weighted by Gasteiger charge is -2.36. The van der Waals surface area contributed by atoms with Crippen molar-refractivity contribution in [2.45, 2.75) is 119 Å². The number of hydrogen-bond donors (Lipinski definition) is 15. The Bertz CT molecular complexity index is 3530. The molecule has 4 aromatic rings. The Balaban J connectivity index is 0.989. The van der Waals surface area contributed by atoms with Gasteiger partial charge in [-0.1, -0.05) is 54.0 Å². The number of fused-ring (bicyclic) bond motifs is 6. The van der Waals surface area contributed by atoms with E-state index in [1.165, 1.54) is 78.9 Å². The van der Waals surface area contributed by atoms with Gasteiger partial charge >= 0.3 is 5.97 Å². The SMILES string of the molecule is CCC(C)[C@H]1NC(=O)[C@H](c2ccc(O)cc2)NC(=O)C(O)CSSC[C@H](C(=O)N2CCC[C@@H]2C(=O)N[C@@H](CCCNC(=O)c2ccc3c(c2)C2(OC3=O)c3ccc(O)cc3Oc3cc(O)ccc32)C(=O)NCN)NC(=O)[C@@H](CC(N)=O)NC(=O)[C@@H](CCC(N)=O)NC1=O. The van der Waals surface area contributed by atoms with Crippen molar-refractivity contribution in [3.8, 4) is 28.7 Å². The predicted molar refractivity (Wildman–Crippen MR) is 333 cm³/mol. The first-order valence-corrected chi connectivity index (χ1v) is 32.2. The van der Waals surface area contributed by atoms with E-state index in [-0.39, 0.29) is 114 Å². The van der Waals surface area contributed by atoms with Gasteiger partial charge in [0.25, 0.3) is 11.8 Å². The van der Waals surface area contributed by atoms with Gasteiger partial charge in [-0.25, -0.2) is 4.79 Å². The fraction of sp³-hybridized carbons (Fsp3) is 0.410. The molecule has 0 radical (unpaired) electrons. The number of phenolic OH excluding ortho intramolecular Hbond substituents is 3. The van der Waals surface area contributed by atoms with Gasteiger partial charge in [0.2, 0.25) is 53.2 Å². The minimum absolute atomic E-state index is 0.0497. The monoisotopic (exact) mass is 1320 g/mol. The van der Waals surface area contributed by atoms with Gasteiger partial charge in [0.15, 0.2) is 5.60 Å². The van der Waals surface area contributed by atoms with Crippen LogP contribution in [-0.2, 0) is 58.3 Å². The molecule has 0 bridgehead atoms. The molecule has 496 valence electrons. The Morgan fingerprint density at radius 3 is 2.02 bits per heavy atom. The van der Waals surface area contributed by atoms with Crippen LogP contribution in [0, 0.1) is 5.92 Å². The van der Waals surface area contributed by atoms with Gasteiger partial charge in [-0.05, 0) is 98.2 Å². The summed E-state index contributed by atoms with van der Waals surface area (Å²) in [5.41, 5.74) is 16.3. The van der Waals surface area contributed by atoms with Crippen molar-refractivity contribution < 1.29 is 87.4 Å². The molecule has 11 amide bonds. The number of hydrogen-bond acceptors (Lipinski definition) is 21. The van der Waals surface area contributed by atoms with Gasteiger partial charge in [0.05, 0.1) is 18.7 Å². The molecule has 2 unspecified atom stereocenters. The van der Waals surface area contributed by atoms with Crippen LogP contribution in [0.1, 0.15) is 114 Å². The summed E-state index contributed by atoms with van der Waals surface area (Å²) in [6.07, 6.45) is -3.02. The highest BCUT2D eigenvalue weighted by molar-refractivity contribution is 8.76. The van der Waals surface area contributed by atoms with Crippen molar-refractivity contribution in [1.29, 1.82) is 0 Å². The zero-order valence-electron chi connectivity index (χ0n) is 50.4. The molecule has 0 aromatic heterocycles. The van der Waals surface area contributed by atoms with Gasteiger partial charge in [-0.2, -0.15) is 0 Å². The minimum atomic E-state index is -1.84. The first-order chi connectivity index (χ1) is 44.3. The van der Waals surface area contributed by atoms with Crippen molar-refractivity contribution >= 4 is 92.5 Å². The molecule has 4 aliphatic rings. The molecule has 4 aromatic carbocycles. The molecule has 18 N–H and O–H groups in total. The van der Waals surface area contributed by atoms with Gasteiger partial charge in [0, 0.05) is 65.4 Å². The average Bonchev–Trinajstić information content (AvgIpc) is 1.64. The number of phenols is 3. The smallest absolute Gasteiger partial charge is 0.340 e. The summed E-state index contributed by atoms with van der Waals surface area (Å²) in [4.78, 5) is 166. The summed E-state index contributed by atoms with van der Waals surface area (Å²) >= 11 is 0. The summed E-state index contributed by atoms with van der Waals surface area (Å²) in [6.45, 7) is 2.87. The standard InChI is InChI=1S/C61H72N12O18S2/c1-3-29(2)49-57(86)68-40(18-19-47(63)78)53(82)69-41(25-48(64)79)54(83)70-42(26-92-93-27-44(77)56(85)72-50(58(87)71-49)30-8-11-32(74)12-9-30)59(88)73-21-5-7-43(73)55(84)67-39(52(81)66-28-62)6-4-20-65-51(80)31-10-15-35-38(22-31)61(91-60(35)89)36-16-13-33(75)23-45(36)90-46-24-34(76)14-17-37(46)61/h8-17,22-24,29,39-44,49-50,74-77H,3-7,18-21,25-28,62H2,1-2H3,(H2,63,78)(H2,64,79)(H,65,80)(H,66,81)(H,67,84)(H,68,86)(H,69,82)(H,70,83)(H,71,87)(H,72,85)/t29?,39-,40+,41+,42+,43+,44?,49+,50-/m0/s1. The van der Waals surface area contributed by atoms with Crippen LogP contribution < -0.4 is 64.5 Å². The second-order valence-corrected chi connectivity index (χ2v) is 25.1. The van der Waals surface area contributed by atoms with Gasteiger partial charge in [-0.3, -0.25) is 52.7 Å². The lowest BCUT2D eigenvalue weighted by Crippen LogP contribution is -2.61. The minimum Gasteiger partial charge on any atom is -0.508 e. The summed E-state index contributed by atoms with van der Waals surface area (Å²) in [7, 11) is 1.75. The van der Waals surface area contributed by atoms with E-state index < -0.39 is 150 Å². The van der Waals surface area contributed by atoms with Crippen molar-refractivity contribution in [3.05, 3.63) is 112 Å². The number of nitrogens with one attached hydrogen (secondary N) is 8. The van der Waals surface area contributed by atoms with E-state index in [0.717, 1.165) is 26.5 Å². The van der Waals surface area contributed by atoms with Gasteiger partial charge in [-0.15, -0.1) is 0 Å². The van der Waals surface area contributed by atoms with Crippen molar-refractivity contribution in [3.63, 3.8) is 0 Å². The molecule has 1 spiro atoms. The second kappa shape index (κ2) is 30.6. The van der Waals surface area contributed by atoms with E-state index >= 15 is 0 Å². The number of carbonyl (C=O) groups is 12. The Labute approximate surface area is 539 Å². The fourth-order valence-corrected chi connectivity index (χ4v) is 13.3. The Morgan fingerprint density at radius 2 is 1.38 bits per heavy atom. The van der Waals surface area contributed by atoms with Crippen LogP contribution in [0.5, 0.6) is 28.7 Å². The highest BCUT2D eigenvalue weighted by atomic mass is 33.1. The molecule has 32 heteroatoms. The lowest BCUT2D eigenvalue weighted by molar-refractivity contribution is -0.142. The normalized spacial score (nSPS) is 22.2. The maximum atomic E-state index is 14.8. The molecule has 93 heavy (non-hydrogen) atoms. The molecule has 2 saturated heterocycles. The molecule has 8 rings (SSSR count). The van der Waals surface area contributed by atoms with Crippen molar-refractivity contribution in [1.82, 2.24) is 47.4 Å². The Morgan fingerprint density at radius 1 is 0.731 bits per heavy atom. The van der Waals surface area contributed by atoms with E-state index in [2.05, 4.69) is 42.5 Å². The van der Waals surface area contributed by atoms with Crippen molar-refractivity contribution in [2.75, 3.05) is 31.3 Å². The maximum Gasteiger partial charge on any atom is 0.340 e. The van der Waals surface area contributed by atoms with E-state index in [0.29, 0.717) is 11.1 Å². The number of amides is 11. The summed E-state index contributed by atoms with van der Waals surface area (Å²) < 4.78 is 12.1. The first kappa shape index (κ1) is 69.2. The number of primary amides is 2.